The maximum atomic E-state index is 11.7. The van der Waals surface area contributed by atoms with Crippen molar-refractivity contribution >= 4 is 5.97 Å². The first-order valence-corrected chi connectivity index (χ1v) is 7.14. The van der Waals surface area contributed by atoms with E-state index in [4.69, 9.17) is 9.47 Å². The van der Waals surface area contributed by atoms with Crippen molar-refractivity contribution < 1.29 is 14.3 Å². The number of benzene rings is 2. The predicted molar refractivity (Wildman–Crippen MR) is 82.3 cm³/mol. The molecule has 0 fully saturated rings. The van der Waals surface area contributed by atoms with Crippen molar-refractivity contribution in [3.05, 3.63) is 65.7 Å². The maximum absolute atomic E-state index is 11.7. The average molecular weight is 284 g/mol. The average Bonchev–Trinajstić information content (AvgIpc) is 2.54. The van der Waals surface area contributed by atoms with E-state index in [0.717, 1.165) is 16.9 Å². The zero-order valence-electron chi connectivity index (χ0n) is 12.4. The normalized spacial score (nSPS) is 11.7. The van der Waals surface area contributed by atoms with Gasteiger partial charge in [-0.25, -0.2) is 0 Å². The molecule has 0 aromatic heterocycles. The van der Waals surface area contributed by atoms with Gasteiger partial charge in [0, 0.05) is 0 Å². The highest BCUT2D eigenvalue weighted by Crippen LogP contribution is 2.21. The predicted octanol–water partition coefficient (Wildman–Crippen LogP) is 3.93. The molecule has 1 unspecified atom stereocenters. The number of carbonyl (C=O) groups excluding carboxylic acids is 1. The van der Waals surface area contributed by atoms with Crippen LogP contribution in [0, 0.1) is 0 Å². The number of esters is 1. The molecule has 2 aromatic rings. The molecule has 0 heterocycles. The topological polar surface area (TPSA) is 35.5 Å². The molecule has 0 saturated heterocycles. The Morgan fingerprint density at radius 2 is 1.71 bits per heavy atom. The molecule has 0 aliphatic heterocycles. The van der Waals surface area contributed by atoms with Gasteiger partial charge in [0.15, 0.2) is 0 Å². The Morgan fingerprint density at radius 1 is 1.05 bits per heavy atom. The molecular weight excluding hydrogens is 264 g/mol. The summed E-state index contributed by atoms with van der Waals surface area (Å²) in [6, 6.07) is 17.6. The summed E-state index contributed by atoms with van der Waals surface area (Å²) in [6.45, 7) is 4.60. The zero-order chi connectivity index (χ0) is 15.1. The number of ether oxygens (including phenoxy) is 2. The Labute approximate surface area is 125 Å². The lowest BCUT2D eigenvalue weighted by Crippen LogP contribution is -2.12. The molecule has 110 valence electrons. The molecule has 0 saturated carbocycles. The van der Waals surface area contributed by atoms with E-state index in [1.54, 1.807) is 0 Å². The number of hydrogen-bond donors (Lipinski definition) is 0. The molecule has 0 spiro atoms. The summed E-state index contributed by atoms with van der Waals surface area (Å²) >= 11 is 0. The first-order valence-electron chi connectivity index (χ1n) is 7.14. The van der Waals surface area contributed by atoms with E-state index >= 15 is 0 Å². The molecule has 1 atom stereocenters. The van der Waals surface area contributed by atoms with Gasteiger partial charge in [-0.3, -0.25) is 4.79 Å². The van der Waals surface area contributed by atoms with Gasteiger partial charge in [-0.1, -0.05) is 42.5 Å². The van der Waals surface area contributed by atoms with Gasteiger partial charge in [-0.15, -0.1) is 0 Å². The monoisotopic (exact) mass is 284 g/mol. The van der Waals surface area contributed by atoms with E-state index in [9.17, 15) is 4.79 Å². The summed E-state index contributed by atoms with van der Waals surface area (Å²) < 4.78 is 10.7. The van der Waals surface area contributed by atoms with Gasteiger partial charge in [-0.05, 0) is 37.1 Å². The van der Waals surface area contributed by atoms with Crippen LogP contribution in [0.15, 0.2) is 54.6 Å². The third-order valence-electron chi connectivity index (χ3n) is 3.27. The second kappa shape index (κ2) is 7.48. The smallest absolute Gasteiger partial charge is 0.313 e. The molecule has 0 bridgehead atoms. The molecule has 0 N–H and O–H groups in total. The van der Waals surface area contributed by atoms with Crippen molar-refractivity contribution in [2.75, 3.05) is 6.61 Å². The molecule has 2 aromatic carbocycles. The summed E-state index contributed by atoms with van der Waals surface area (Å²) in [7, 11) is 0. The molecule has 3 heteroatoms. The first-order chi connectivity index (χ1) is 10.2. The van der Waals surface area contributed by atoms with E-state index in [2.05, 4.69) is 0 Å². The van der Waals surface area contributed by atoms with E-state index in [1.165, 1.54) is 0 Å². The Hall–Kier alpha value is -2.29. The van der Waals surface area contributed by atoms with Crippen molar-refractivity contribution in [1.82, 2.24) is 0 Å². The van der Waals surface area contributed by atoms with Crippen molar-refractivity contribution in [2.45, 2.75) is 26.4 Å². The lowest BCUT2D eigenvalue weighted by Gasteiger charge is -2.12. The zero-order valence-corrected chi connectivity index (χ0v) is 12.4. The van der Waals surface area contributed by atoms with Crippen LogP contribution in [0.4, 0.5) is 0 Å². The van der Waals surface area contributed by atoms with Crippen LogP contribution in [0.2, 0.25) is 0 Å². The Morgan fingerprint density at radius 3 is 2.33 bits per heavy atom. The van der Waals surface area contributed by atoms with Crippen LogP contribution < -0.4 is 4.74 Å². The van der Waals surface area contributed by atoms with Crippen molar-refractivity contribution in [1.29, 1.82) is 0 Å². The van der Waals surface area contributed by atoms with E-state index < -0.39 is 0 Å². The summed E-state index contributed by atoms with van der Waals surface area (Å²) in [6.07, 6.45) is 0. The summed E-state index contributed by atoms with van der Waals surface area (Å²) in [5, 5.41) is 0. The molecule has 0 radical (unpaired) electrons. The third-order valence-corrected chi connectivity index (χ3v) is 3.27. The SMILES string of the molecule is CCOC(=O)C(C)c1ccc(OCc2ccccc2)cc1. The summed E-state index contributed by atoms with van der Waals surface area (Å²) in [5.74, 6) is 0.335. The van der Waals surface area contributed by atoms with Gasteiger partial charge in [0.05, 0.1) is 12.5 Å². The van der Waals surface area contributed by atoms with Gasteiger partial charge in [0.25, 0.3) is 0 Å². The van der Waals surface area contributed by atoms with Crippen LogP contribution in [-0.2, 0) is 16.1 Å². The molecule has 0 amide bonds. The molecule has 3 nitrogen and oxygen atoms in total. The van der Waals surface area contributed by atoms with Crippen LogP contribution in [0.1, 0.15) is 30.9 Å². The molecule has 0 aliphatic rings. The highest BCUT2D eigenvalue weighted by molar-refractivity contribution is 5.77. The Balaban J connectivity index is 1.94. The van der Waals surface area contributed by atoms with Crippen molar-refractivity contribution in [3.8, 4) is 5.75 Å². The second-order valence-corrected chi connectivity index (χ2v) is 4.82. The minimum absolute atomic E-state index is 0.199. The molecule has 21 heavy (non-hydrogen) atoms. The van der Waals surface area contributed by atoms with E-state index in [-0.39, 0.29) is 11.9 Å². The largest absolute Gasteiger partial charge is 0.489 e. The number of carbonyl (C=O) groups is 1. The van der Waals surface area contributed by atoms with Gasteiger partial charge < -0.3 is 9.47 Å². The van der Waals surface area contributed by atoms with Crippen LogP contribution in [0.25, 0.3) is 0 Å². The van der Waals surface area contributed by atoms with Crippen LogP contribution in [0.3, 0.4) is 0 Å². The van der Waals surface area contributed by atoms with Crippen LogP contribution in [0.5, 0.6) is 5.75 Å². The van der Waals surface area contributed by atoms with E-state index in [0.29, 0.717) is 13.2 Å². The Kier molecular flexibility index (Phi) is 5.38. The van der Waals surface area contributed by atoms with Gasteiger partial charge >= 0.3 is 5.97 Å². The highest BCUT2D eigenvalue weighted by Gasteiger charge is 2.15. The fourth-order valence-electron chi connectivity index (χ4n) is 2.00. The molecule has 2 rings (SSSR count). The maximum Gasteiger partial charge on any atom is 0.313 e. The Bertz CT molecular complexity index is 561. The lowest BCUT2D eigenvalue weighted by atomic mass is 10.0. The van der Waals surface area contributed by atoms with Crippen molar-refractivity contribution in [2.24, 2.45) is 0 Å². The first kappa shape index (κ1) is 15.1. The van der Waals surface area contributed by atoms with Gasteiger partial charge in [0.2, 0.25) is 0 Å². The van der Waals surface area contributed by atoms with Gasteiger partial charge in [-0.2, -0.15) is 0 Å². The van der Waals surface area contributed by atoms with E-state index in [1.807, 2.05) is 68.4 Å². The van der Waals surface area contributed by atoms with Gasteiger partial charge in [0.1, 0.15) is 12.4 Å². The number of hydrogen-bond acceptors (Lipinski definition) is 3. The molecular formula is C18H20O3. The van der Waals surface area contributed by atoms with Crippen molar-refractivity contribution in [3.63, 3.8) is 0 Å². The summed E-state index contributed by atoms with van der Waals surface area (Å²) in [4.78, 5) is 11.7. The minimum atomic E-state index is -0.256. The summed E-state index contributed by atoms with van der Waals surface area (Å²) in [5.41, 5.74) is 2.06. The quantitative estimate of drug-likeness (QED) is 0.754. The number of rotatable bonds is 6. The fraction of sp³-hybridized carbons (Fsp3) is 0.278. The standard InChI is InChI=1S/C18H20O3/c1-3-20-18(19)14(2)16-9-11-17(12-10-16)21-13-15-7-5-4-6-8-15/h4-12,14H,3,13H2,1-2H3. The van der Waals surface area contributed by atoms with Crippen LogP contribution in [-0.4, -0.2) is 12.6 Å². The molecule has 0 aliphatic carbocycles. The minimum Gasteiger partial charge on any atom is -0.489 e. The lowest BCUT2D eigenvalue weighted by molar-refractivity contribution is -0.144. The third kappa shape index (κ3) is 4.35. The highest BCUT2D eigenvalue weighted by atomic mass is 16.5. The fourth-order valence-corrected chi connectivity index (χ4v) is 2.00. The van der Waals surface area contributed by atoms with Crippen LogP contribution >= 0.6 is 0 Å². The second-order valence-electron chi connectivity index (χ2n) is 4.82.